The normalized spacial score (nSPS) is 19.3. The lowest BCUT2D eigenvalue weighted by molar-refractivity contribution is 0.0611. The van der Waals surface area contributed by atoms with Gasteiger partial charge in [0.25, 0.3) is 0 Å². The molecule has 6 heteroatoms. The maximum absolute atomic E-state index is 10.5. The van der Waals surface area contributed by atoms with Crippen molar-refractivity contribution in [2.75, 3.05) is 0 Å². The number of hydrogen-bond donors (Lipinski definition) is 1. The summed E-state index contributed by atoms with van der Waals surface area (Å²) in [6, 6.07) is 27.8. The average molecular weight is 555 g/mol. The lowest BCUT2D eigenvalue weighted by Gasteiger charge is -2.31. The molecule has 0 saturated heterocycles. The van der Waals surface area contributed by atoms with Crippen molar-refractivity contribution in [2.45, 2.75) is 45.8 Å². The van der Waals surface area contributed by atoms with E-state index in [1.807, 2.05) is 61.5 Å². The van der Waals surface area contributed by atoms with E-state index in [2.05, 4.69) is 43.1 Å². The van der Waals surface area contributed by atoms with Gasteiger partial charge in [0.05, 0.1) is 5.56 Å². The van der Waals surface area contributed by atoms with Crippen molar-refractivity contribution >= 4 is 38.7 Å². The summed E-state index contributed by atoms with van der Waals surface area (Å²) in [5.74, 6) is 1.65. The number of rotatable bonds is 3. The standard InChI is InChI=1S/C36H30N2O4/c1-20-16-22-12-13-30(37-31(22)28(39)17-20)40-23-18-26-25-10-6-7-11-29(25)41-33(26)27(19-23)35-38-32-24-9-5-4-8-21(24)14-15-36(2,3)34(32)42-35/h4-13,16-19,32,34,39H,14-15H2,1-3H3/t32-,34+/m0/s1. The van der Waals surface area contributed by atoms with Crippen LogP contribution in [0, 0.1) is 12.3 Å². The number of phenols is 1. The Morgan fingerprint density at radius 1 is 0.929 bits per heavy atom. The second-order valence-corrected chi connectivity index (χ2v) is 12.2. The van der Waals surface area contributed by atoms with Gasteiger partial charge >= 0.3 is 0 Å². The first-order chi connectivity index (χ1) is 20.3. The Kier molecular flexibility index (Phi) is 5.39. The van der Waals surface area contributed by atoms with Crippen LogP contribution in [0.3, 0.4) is 0 Å². The van der Waals surface area contributed by atoms with Crippen LogP contribution in [0.2, 0.25) is 0 Å². The van der Waals surface area contributed by atoms with E-state index in [1.165, 1.54) is 11.1 Å². The summed E-state index contributed by atoms with van der Waals surface area (Å²) in [4.78, 5) is 9.86. The summed E-state index contributed by atoms with van der Waals surface area (Å²) in [5.41, 5.74) is 6.20. The molecule has 6 nitrogen and oxygen atoms in total. The van der Waals surface area contributed by atoms with E-state index in [4.69, 9.17) is 18.9 Å². The molecule has 3 heterocycles. The van der Waals surface area contributed by atoms with Gasteiger partial charge in [-0.15, -0.1) is 0 Å². The maximum Gasteiger partial charge on any atom is 0.221 e. The summed E-state index contributed by atoms with van der Waals surface area (Å²) in [6.07, 6.45) is 1.92. The Morgan fingerprint density at radius 2 is 1.76 bits per heavy atom. The largest absolute Gasteiger partial charge is 0.506 e. The maximum atomic E-state index is 10.5. The van der Waals surface area contributed by atoms with Crippen LogP contribution in [0.25, 0.3) is 32.8 Å². The number of aromatic hydroxyl groups is 1. The molecular formula is C36H30N2O4. The molecule has 0 unspecified atom stereocenters. The van der Waals surface area contributed by atoms with Gasteiger partial charge in [0.2, 0.25) is 11.8 Å². The number of furan rings is 1. The Bertz CT molecular complexity index is 2070. The number of aliphatic imine (C=N–C) groups is 1. The zero-order valence-electron chi connectivity index (χ0n) is 23.7. The molecule has 6 aromatic rings. The minimum atomic E-state index is -0.105. The molecule has 0 bridgehead atoms. The van der Waals surface area contributed by atoms with Crippen LogP contribution in [0.4, 0.5) is 0 Å². The number of aromatic nitrogens is 1. The zero-order valence-corrected chi connectivity index (χ0v) is 23.7. The van der Waals surface area contributed by atoms with Crippen LogP contribution in [0.1, 0.15) is 48.6 Å². The molecular weight excluding hydrogens is 524 g/mol. The highest BCUT2D eigenvalue weighted by Crippen LogP contribution is 2.48. The summed E-state index contributed by atoms with van der Waals surface area (Å²) < 4.78 is 19.6. The summed E-state index contributed by atoms with van der Waals surface area (Å²) in [6.45, 7) is 6.49. The molecule has 2 atom stereocenters. The first-order valence-corrected chi connectivity index (χ1v) is 14.4. The quantitative estimate of drug-likeness (QED) is 0.237. The predicted octanol–water partition coefficient (Wildman–Crippen LogP) is 8.80. The molecule has 0 spiro atoms. The van der Waals surface area contributed by atoms with Gasteiger partial charge in [-0.05, 0) is 72.9 Å². The molecule has 208 valence electrons. The number of para-hydroxylation sites is 1. The minimum absolute atomic E-state index is 0.0780. The molecule has 0 amide bonds. The number of pyridine rings is 1. The SMILES string of the molecule is Cc1cc(O)c2nc(Oc3cc(C4=N[C@H]5c6ccccc6CCC(C)(C)[C@@H]5O4)c4oc5ccccc5c4c3)ccc2c1. The van der Waals surface area contributed by atoms with E-state index >= 15 is 0 Å². The summed E-state index contributed by atoms with van der Waals surface area (Å²) in [7, 11) is 0. The van der Waals surface area contributed by atoms with Gasteiger partial charge in [-0.2, -0.15) is 0 Å². The van der Waals surface area contributed by atoms with Crippen LogP contribution in [0.15, 0.2) is 94.3 Å². The van der Waals surface area contributed by atoms with Gasteiger partial charge in [0.1, 0.15) is 40.3 Å². The number of nitrogens with zero attached hydrogens (tertiary/aromatic N) is 2. The van der Waals surface area contributed by atoms with Crippen molar-refractivity contribution in [3.8, 4) is 17.4 Å². The molecule has 1 aliphatic carbocycles. The van der Waals surface area contributed by atoms with Crippen molar-refractivity contribution in [2.24, 2.45) is 10.4 Å². The summed E-state index contributed by atoms with van der Waals surface area (Å²) in [5, 5.41) is 13.3. The van der Waals surface area contributed by atoms with E-state index in [0.29, 0.717) is 28.6 Å². The van der Waals surface area contributed by atoms with E-state index in [9.17, 15) is 5.11 Å². The van der Waals surface area contributed by atoms with Gasteiger partial charge in [0.15, 0.2) is 0 Å². The summed E-state index contributed by atoms with van der Waals surface area (Å²) >= 11 is 0. The lowest BCUT2D eigenvalue weighted by Crippen LogP contribution is -2.33. The monoisotopic (exact) mass is 554 g/mol. The van der Waals surface area contributed by atoms with E-state index in [-0.39, 0.29) is 23.3 Å². The number of benzene rings is 4. The second-order valence-electron chi connectivity index (χ2n) is 12.2. The van der Waals surface area contributed by atoms with E-state index < -0.39 is 0 Å². The molecule has 42 heavy (non-hydrogen) atoms. The van der Waals surface area contributed by atoms with Gasteiger partial charge in [-0.1, -0.05) is 56.3 Å². The number of hydrogen-bond acceptors (Lipinski definition) is 6. The molecule has 4 aromatic carbocycles. The van der Waals surface area contributed by atoms with E-state index in [0.717, 1.165) is 45.7 Å². The Hall–Kier alpha value is -4.84. The van der Waals surface area contributed by atoms with Crippen molar-refractivity contribution in [1.29, 1.82) is 0 Å². The molecule has 0 fully saturated rings. The number of fused-ring (bicyclic) bond motifs is 7. The Morgan fingerprint density at radius 3 is 2.67 bits per heavy atom. The van der Waals surface area contributed by atoms with Crippen LogP contribution in [-0.4, -0.2) is 22.1 Å². The number of phenolic OH excluding ortho intramolecular Hbond substituents is 1. The van der Waals surface area contributed by atoms with Crippen LogP contribution >= 0.6 is 0 Å². The first-order valence-electron chi connectivity index (χ1n) is 14.4. The third kappa shape index (κ3) is 3.93. The highest BCUT2D eigenvalue weighted by Gasteiger charge is 2.46. The highest BCUT2D eigenvalue weighted by molar-refractivity contribution is 6.14. The van der Waals surface area contributed by atoms with Crippen LogP contribution in [0.5, 0.6) is 17.4 Å². The Balaban J connectivity index is 1.28. The smallest absolute Gasteiger partial charge is 0.221 e. The highest BCUT2D eigenvalue weighted by atomic mass is 16.5. The van der Waals surface area contributed by atoms with Crippen molar-refractivity contribution < 1.29 is 19.0 Å². The van der Waals surface area contributed by atoms with Gasteiger partial charge in [-0.25, -0.2) is 9.98 Å². The first kappa shape index (κ1) is 24.9. The predicted molar refractivity (Wildman–Crippen MR) is 165 cm³/mol. The number of aryl methyl sites for hydroxylation is 2. The van der Waals surface area contributed by atoms with Gasteiger partial charge < -0.3 is 19.0 Å². The van der Waals surface area contributed by atoms with Crippen molar-refractivity contribution in [3.63, 3.8) is 0 Å². The van der Waals surface area contributed by atoms with Gasteiger partial charge in [-0.3, -0.25) is 0 Å². The molecule has 1 aliphatic heterocycles. The molecule has 1 N–H and O–H groups in total. The molecule has 0 saturated carbocycles. The fraction of sp³-hybridized carbons (Fsp3) is 0.222. The number of ether oxygens (including phenoxy) is 2. The van der Waals surface area contributed by atoms with Gasteiger partial charge in [0, 0.05) is 27.6 Å². The lowest BCUT2D eigenvalue weighted by atomic mass is 9.80. The third-order valence-corrected chi connectivity index (χ3v) is 8.76. The average Bonchev–Trinajstić information content (AvgIpc) is 3.57. The van der Waals surface area contributed by atoms with Crippen molar-refractivity contribution in [3.05, 3.63) is 107 Å². The third-order valence-electron chi connectivity index (χ3n) is 8.76. The fourth-order valence-corrected chi connectivity index (χ4v) is 6.55. The topological polar surface area (TPSA) is 77.1 Å². The van der Waals surface area contributed by atoms with E-state index in [1.54, 1.807) is 6.07 Å². The molecule has 8 rings (SSSR count). The zero-order chi connectivity index (χ0) is 28.6. The molecule has 2 aromatic heterocycles. The second kappa shape index (κ2) is 9.08. The van der Waals surface area contributed by atoms with Crippen LogP contribution in [-0.2, 0) is 11.2 Å². The minimum Gasteiger partial charge on any atom is -0.506 e. The molecule has 0 radical (unpaired) electrons. The van der Waals surface area contributed by atoms with Crippen molar-refractivity contribution in [1.82, 2.24) is 4.98 Å². The molecule has 2 aliphatic rings. The van der Waals surface area contributed by atoms with Crippen LogP contribution < -0.4 is 4.74 Å². The fourth-order valence-electron chi connectivity index (χ4n) is 6.55. The Labute approximate surface area is 243 Å².